The number of carbonyl (C=O) groups is 3. The van der Waals surface area contributed by atoms with Gasteiger partial charge in [0.1, 0.15) is 6.04 Å². The molecule has 1 aromatic carbocycles. The summed E-state index contributed by atoms with van der Waals surface area (Å²) in [6.07, 6.45) is 2.36. The second-order valence-corrected chi connectivity index (χ2v) is 8.99. The fourth-order valence-electron chi connectivity index (χ4n) is 5.39. The molecule has 3 aliphatic rings. The van der Waals surface area contributed by atoms with E-state index in [0.717, 1.165) is 31.4 Å². The van der Waals surface area contributed by atoms with Gasteiger partial charge in [-0.1, -0.05) is 19.1 Å². The van der Waals surface area contributed by atoms with Crippen molar-refractivity contribution in [2.75, 3.05) is 19.6 Å². The van der Waals surface area contributed by atoms with Crippen LogP contribution in [0.1, 0.15) is 55.1 Å². The minimum absolute atomic E-state index is 0.00719. The zero-order valence-corrected chi connectivity index (χ0v) is 18.0. The summed E-state index contributed by atoms with van der Waals surface area (Å²) < 4.78 is 0. The van der Waals surface area contributed by atoms with Crippen molar-refractivity contribution in [3.63, 3.8) is 0 Å². The van der Waals surface area contributed by atoms with E-state index in [4.69, 9.17) is 5.73 Å². The summed E-state index contributed by atoms with van der Waals surface area (Å²) >= 11 is 0. The highest BCUT2D eigenvalue weighted by Crippen LogP contribution is 2.38. The Kier molecular flexibility index (Phi) is 5.71. The molecule has 0 radical (unpaired) electrons. The summed E-state index contributed by atoms with van der Waals surface area (Å²) in [5, 5.41) is 9.26. The van der Waals surface area contributed by atoms with Crippen LogP contribution in [0.3, 0.4) is 0 Å². The highest BCUT2D eigenvalue weighted by molar-refractivity contribution is 5.93. The maximum absolute atomic E-state index is 13.2. The van der Waals surface area contributed by atoms with Crippen molar-refractivity contribution >= 4 is 17.7 Å². The Bertz CT molecular complexity index is 941. The summed E-state index contributed by atoms with van der Waals surface area (Å²) in [5.41, 5.74) is 6.73. The average molecular weight is 424 g/mol. The number of likely N-dealkylation sites (tertiary alicyclic amines) is 3. The van der Waals surface area contributed by atoms with E-state index in [2.05, 4.69) is 11.0 Å². The van der Waals surface area contributed by atoms with E-state index in [9.17, 15) is 19.6 Å². The molecule has 3 amide bonds. The number of nitriles is 1. The lowest BCUT2D eigenvalue weighted by atomic mass is 10.0. The molecule has 8 heteroatoms. The molecule has 164 valence electrons. The average Bonchev–Trinajstić information content (AvgIpc) is 3.47. The van der Waals surface area contributed by atoms with E-state index in [-0.39, 0.29) is 41.9 Å². The number of hydrogen-bond donors (Lipinski definition) is 1. The van der Waals surface area contributed by atoms with E-state index < -0.39 is 5.91 Å². The Labute approximate surface area is 182 Å². The number of nitrogens with two attached hydrogens (primary N) is 1. The van der Waals surface area contributed by atoms with E-state index in [1.54, 1.807) is 23.1 Å². The molecule has 0 spiro atoms. The predicted molar refractivity (Wildman–Crippen MR) is 113 cm³/mol. The van der Waals surface area contributed by atoms with Gasteiger partial charge in [0.2, 0.25) is 17.7 Å². The fraction of sp³-hybridized carbons (Fsp3) is 0.565. The SMILES string of the molecule is C[C@@H](CN1C[C@@H]2C[C@H]1C(=O)N2[C@@H](C)c1cccc(C(N)=O)c1)C(=O)N1CCC[C@H]1C#N. The monoisotopic (exact) mass is 423 g/mol. The smallest absolute Gasteiger partial charge is 0.248 e. The zero-order chi connectivity index (χ0) is 22.3. The number of nitrogens with zero attached hydrogens (tertiary/aromatic N) is 4. The van der Waals surface area contributed by atoms with Crippen molar-refractivity contribution in [2.45, 2.75) is 57.3 Å². The molecule has 3 fully saturated rings. The molecule has 2 N–H and O–H groups in total. The second kappa shape index (κ2) is 8.31. The number of benzene rings is 1. The minimum Gasteiger partial charge on any atom is -0.366 e. The Hall–Kier alpha value is -2.92. The van der Waals surface area contributed by atoms with Crippen molar-refractivity contribution in [1.82, 2.24) is 14.7 Å². The van der Waals surface area contributed by atoms with Crippen molar-refractivity contribution in [3.05, 3.63) is 35.4 Å². The molecular formula is C23H29N5O3. The summed E-state index contributed by atoms with van der Waals surface area (Å²) in [6, 6.07) is 8.76. The van der Waals surface area contributed by atoms with Crippen LogP contribution in [0.4, 0.5) is 0 Å². The van der Waals surface area contributed by atoms with Crippen molar-refractivity contribution in [1.29, 1.82) is 5.26 Å². The molecule has 0 saturated carbocycles. The topological polar surface area (TPSA) is 111 Å². The Morgan fingerprint density at radius 3 is 2.77 bits per heavy atom. The van der Waals surface area contributed by atoms with Gasteiger partial charge in [0.15, 0.2) is 0 Å². The fourth-order valence-corrected chi connectivity index (χ4v) is 5.39. The first kappa shape index (κ1) is 21.3. The Morgan fingerprint density at radius 2 is 2.10 bits per heavy atom. The first-order valence-corrected chi connectivity index (χ1v) is 11.0. The molecular weight excluding hydrogens is 394 g/mol. The molecule has 3 heterocycles. The van der Waals surface area contributed by atoms with E-state index >= 15 is 0 Å². The van der Waals surface area contributed by atoms with Crippen LogP contribution in [0, 0.1) is 17.2 Å². The van der Waals surface area contributed by atoms with Gasteiger partial charge in [-0.25, -0.2) is 0 Å². The van der Waals surface area contributed by atoms with Crippen LogP contribution >= 0.6 is 0 Å². The van der Waals surface area contributed by atoms with Crippen molar-refractivity contribution in [2.24, 2.45) is 11.7 Å². The Balaban J connectivity index is 1.41. The van der Waals surface area contributed by atoms with Crippen molar-refractivity contribution in [3.8, 4) is 6.07 Å². The van der Waals surface area contributed by atoms with Crippen LogP contribution in [-0.2, 0) is 9.59 Å². The number of fused-ring (bicyclic) bond motifs is 2. The molecule has 2 bridgehead atoms. The molecule has 5 atom stereocenters. The van der Waals surface area contributed by atoms with Gasteiger partial charge in [0.25, 0.3) is 0 Å². The van der Waals surface area contributed by atoms with Gasteiger partial charge in [-0.15, -0.1) is 0 Å². The number of hydrogen-bond acceptors (Lipinski definition) is 5. The largest absolute Gasteiger partial charge is 0.366 e. The van der Waals surface area contributed by atoms with Crippen LogP contribution in [-0.4, -0.2) is 70.2 Å². The number of amides is 3. The highest BCUT2D eigenvalue weighted by atomic mass is 16.2. The van der Waals surface area contributed by atoms with Crippen LogP contribution in [0.25, 0.3) is 0 Å². The van der Waals surface area contributed by atoms with Gasteiger partial charge < -0.3 is 15.5 Å². The number of rotatable bonds is 6. The first-order valence-electron chi connectivity index (χ1n) is 11.0. The van der Waals surface area contributed by atoms with Gasteiger partial charge >= 0.3 is 0 Å². The van der Waals surface area contributed by atoms with Gasteiger partial charge in [0.05, 0.1) is 18.2 Å². The molecule has 3 aliphatic heterocycles. The molecule has 8 nitrogen and oxygen atoms in total. The van der Waals surface area contributed by atoms with Gasteiger partial charge in [-0.05, 0) is 43.9 Å². The van der Waals surface area contributed by atoms with Gasteiger partial charge in [-0.3, -0.25) is 19.3 Å². The normalized spacial score (nSPS) is 27.4. The highest BCUT2D eigenvalue weighted by Gasteiger charge is 2.51. The lowest BCUT2D eigenvalue weighted by Gasteiger charge is -2.38. The summed E-state index contributed by atoms with van der Waals surface area (Å²) in [5.74, 6) is -0.652. The number of primary amides is 1. The third kappa shape index (κ3) is 3.79. The maximum atomic E-state index is 13.2. The summed E-state index contributed by atoms with van der Waals surface area (Å²) in [4.78, 5) is 43.3. The predicted octanol–water partition coefficient (Wildman–Crippen LogP) is 1.28. The maximum Gasteiger partial charge on any atom is 0.248 e. The number of carbonyl (C=O) groups excluding carboxylic acids is 3. The lowest BCUT2D eigenvalue weighted by Crippen LogP contribution is -2.53. The second-order valence-electron chi connectivity index (χ2n) is 8.99. The van der Waals surface area contributed by atoms with E-state index in [1.807, 2.05) is 24.8 Å². The standard InChI is InChI=1S/C23H29N5O3/c1-14(22(30)27-8-4-7-18(27)11-24)12-26-13-19-10-20(26)23(31)28(19)15(2)16-5-3-6-17(9-16)21(25)29/h3,5-6,9,14-15,18-20H,4,7-8,10,12-13H2,1-2H3,(H2,25,29)/t14-,15-,18-,19-,20-/m0/s1. The molecule has 3 saturated heterocycles. The molecule has 4 rings (SSSR count). The zero-order valence-electron chi connectivity index (χ0n) is 18.0. The summed E-state index contributed by atoms with van der Waals surface area (Å²) in [7, 11) is 0. The molecule has 0 aliphatic carbocycles. The van der Waals surface area contributed by atoms with E-state index in [0.29, 0.717) is 18.7 Å². The third-order valence-electron chi connectivity index (χ3n) is 7.00. The van der Waals surface area contributed by atoms with Crippen LogP contribution in [0.15, 0.2) is 24.3 Å². The van der Waals surface area contributed by atoms with Gasteiger partial charge in [0, 0.05) is 37.2 Å². The van der Waals surface area contributed by atoms with Crippen LogP contribution in [0.5, 0.6) is 0 Å². The lowest BCUT2D eigenvalue weighted by molar-refractivity contribution is -0.142. The molecule has 1 aromatic rings. The molecule has 31 heavy (non-hydrogen) atoms. The Morgan fingerprint density at radius 1 is 1.32 bits per heavy atom. The molecule has 0 unspecified atom stereocenters. The van der Waals surface area contributed by atoms with Crippen molar-refractivity contribution < 1.29 is 14.4 Å². The van der Waals surface area contributed by atoms with Crippen LogP contribution < -0.4 is 5.73 Å². The quantitative estimate of drug-likeness (QED) is 0.741. The molecule has 0 aromatic heterocycles. The first-order chi connectivity index (χ1) is 14.8. The van der Waals surface area contributed by atoms with Gasteiger partial charge in [-0.2, -0.15) is 5.26 Å². The minimum atomic E-state index is -0.482. The summed E-state index contributed by atoms with van der Waals surface area (Å²) in [6.45, 7) is 5.77. The van der Waals surface area contributed by atoms with Crippen LogP contribution in [0.2, 0.25) is 0 Å². The van der Waals surface area contributed by atoms with E-state index in [1.165, 1.54) is 0 Å². The number of piperazine rings is 1. The third-order valence-corrected chi connectivity index (χ3v) is 7.00.